The number of nitrogens with one attached hydrogen (secondary N) is 3. The van der Waals surface area contributed by atoms with E-state index in [2.05, 4.69) is 60.6 Å². The molecule has 1 saturated carbocycles. The van der Waals surface area contributed by atoms with Gasteiger partial charge in [-0.2, -0.15) is 5.10 Å². The van der Waals surface area contributed by atoms with Crippen LogP contribution >= 0.6 is 11.3 Å². The molecule has 0 bridgehead atoms. The maximum atomic E-state index is 12.7. The Labute approximate surface area is 235 Å². The molecule has 7 rings (SSSR count). The van der Waals surface area contributed by atoms with Gasteiger partial charge in [0.25, 0.3) is 0 Å². The zero-order chi connectivity index (χ0) is 27.1. The van der Waals surface area contributed by atoms with Gasteiger partial charge in [-0.15, -0.1) is 11.3 Å². The van der Waals surface area contributed by atoms with Gasteiger partial charge < -0.3 is 10.3 Å². The van der Waals surface area contributed by atoms with E-state index in [1.807, 2.05) is 24.5 Å². The number of pyridine rings is 3. The van der Waals surface area contributed by atoms with Gasteiger partial charge in [0.05, 0.1) is 46.7 Å². The highest BCUT2D eigenvalue weighted by Crippen LogP contribution is 2.36. The summed E-state index contributed by atoms with van der Waals surface area (Å²) in [5.74, 6) is 0.538. The Hall–Kier alpha value is -4.37. The minimum absolute atomic E-state index is 0.0526. The van der Waals surface area contributed by atoms with Gasteiger partial charge in [-0.3, -0.25) is 24.8 Å². The molecule has 3 N–H and O–H groups in total. The first-order valence-corrected chi connectivity index (χ1v) is 14.6. The molecular formula is C31H29N7OS. The number of anilines is 1. The third-order valence-corrected chi connectivity index (χ3v) is 8.80. The van der Waals surface area contributed by atoms with Crippen LogP contribution in [0.15, 0.2) is 61.3 Å². The van der Waals surface area contributed by atoms with E-state index in [-0.39, 0.29) is 5.91 Å². The lowest BCUT2D eigenvalue weighted by Crippen LogP contribution is -2.18. The first-order chi connectivity index (χ1) is 19.6. The summed E-state index contributed by atoms with van der Waals surface area (Å²) in [6, 6.07) is 10.4. The molecule has 1 aliphatic carbocycles. The van der Waals surface area contributed by atoms with E-state index in [9.17, 15) is 4.79 Å². The minimum atomic E-state index is 0.0526. The average molecular weight is 548 g/mol. The van der Waals surface area contributed by atoms with Crippen molar-refractivity contribution in [3.63, 3.8) is 0 Å². The molecule has 6 heterocycles. The number of rotatable bonds is 6. The van der Waals surface area contributed by atoms with E-state index in [1.54, 1.807) is 29.9 Å². The van der Waals surface area contributed by atoms with E-state index in [1.165, 1.54) is 29.0 Å². The molecule has 0 spiro atoms. The number of aromatic nitrogens is 6. The molecule has 40 heavy (non-hydrogen) atoms. The number of amides is 1. The third-order valence-electron chi connectivity index (χ3n) is 7.77. The summed E-state index contributed by atoms with van der Waals surface area (Å²) in [4.78, 5) is 32.2. The van der Waals surface area contributed by atoms with Crippen molar-refractivity contribution in [2.75, 3.05) is 5.32 Å². The largest absolute Gasteiger partial charge is 0.352 e. The van der Waals surface area contributed by atoms with Crippen molar-refractivity contribution in [3.05, 3.63) is 66.2 Å². The Kier molecular flexibility index (Phi) is 6.36. The van der Waals surface area contributed by atoms with Gasteiger partial charge in [0.2, 0.25) is 5.91 Å². The highest BCUT2D eigenvalue weighted by Gasteiger charge is 2.18. The zero-order valence-corrected chi connectivity index (χ0v) is 23.0. The van der Waals surface area contributed by atoms with Crippen LogP contribution in [0.25, 0.3) is 54.9 Å². The molecule has 8 nitrogen and oxygen atoms in total. The summed E-state index contributed by atoms with van der Waals surface area (Å²) in [6.45, 7) is 2.11. The molecule has 6 aromatic rings. The molecule has 0 aromatic carbocycles. The topological polar surface area (TPSA) is 112 Å². The fourth-order valence-corrected chi connectivity index (χ4v) is 6.64. The lowest BCUT2D eigenvalue weighted by Gasteiger charge is -2.20. The maximum Gasteiger partial charge on any atom is 0.224 e. The number of carbonyl (C=O) groups is 1. The number of H-pyrrole nitrogens is 2. The van der Waals surface area contributed by atoms with E-state index in [4.69, 9.17) is 0 Å². The number of aromatic amines is 2. The van der Waals surface area contributed by atoms with Gasteiger partial charge in [-0.05, 0) is 56.0 Å². The molecule has 1 fully saturated rings. The Bertz CT molecular complexity index is 1840. The van der Waals surface area contributed by atoms with E-state index < -0.39 is 0 Å². The van der Waals surface area contributed by atoms with E-state index in [0.29, 0.717) is 18.0 Å². The summed E-state index contributed by atoms with van der Waals surface area (Å²) in [6.07, 6.45) is 15.6. The number of hydrogen-bond acceptors (Lipinski definition) is 6. The quantitative estimate of drug-likeness (QED) is 0.200. The van der Waals surface area contributed by atoms with Crippen molar-refractivity contribution in [1.29, 1.82) is 0 Å². The SMILES string of the molecule is Cc1ccc(-c2cncc3[nH]c(-c4n[nH]c5cnc(-c6cncc(NC(=O)CC7CCCCC7)c6)cc45)cc23)s1. The Morgan fingerprint density at radius 2 is 1.85 bits per heavy atom. The van der Waals surface area contributed by atoms with Crippen LogP contribution in [-0.4, -0.2) is 36.0 Å². The lowest BCUT2D eigenvalue weighted by atomic mass is 9.87. The first-order valence-electron chi connectivity index (χ1n) is 13.7. The molecule has 0 unspecified atom stereocenters. The smallest absolute Gasteiger partial charge is 0.224 e. The van der Waals surface area contributed by atoms with Crippen molar-refractivity contribution in [1.82, 2.24) is 30.1 Å². The molecule has 0 saturated heterocycles. The van der Waals surface area contributed by atoms with Crippen molar-refractivity contribution in [2.45, 2.75) is 45.4 Å². The fraction of sp³-hybridized carbons (Fsp3) is 0.258. The van der Waals surface area contributed by atoms with Crippen molar-refractivity contribution in [3.8, 4) is 33.1 Å². The van der Waals surface area contributed by atoms with Crippen LogP contribution in [-0.2, 0) is 4.79 Å². The fourth-order valence-electron chi connectivity index (χ4n) is 5.75. The monoisotopic (exact) mass is 547 g/mol. The van der Waals surface area contributed by atoms with Crippen LogP contribution in [0, 0.1) is 12.8 Å². The van der Waals surface area contributed by atoms with Crippen LogP contribution in [0.4, 0.5) is 5.69 Å². The van der Waals surface area contributed by atoms with Crippen LogP contribution in [0.1, 0.15) is 43.4 Å². The number of nitrogens with zero attached hydrogens (tertiary/aromatic N) is 4. The molecule has 200 valence electrons. The molecule has 6 aromatic heterocycles. The highest BCUT2D eigenvalue weighted by atomic mass is 32.1. The highest BCUT2D eigenvalue weighted by molar-refractivity contribution is 7.15. The van der Waals surface area contributed by atoms with Crippen LogP contribution in [0.5, 0.6) is 0 Å². The minimum Gasteiger partial charge on any atom is -0.352 e. The number of fused-ring (bicyclic) bond motifs is 2. The second-order valence-electron chi connectivity index (χ2n) is 10.6. The summed E-state index contributed by atoms with van der Waals surface area (Å²) in [5.41, 5.74) is 6.91. The van der Waals surface area contributed by atoms with Crippen LogP contribution in [0.3, 0.4) is 0 Å². The number of thiophene rings is 1. The van der Waals surface area contributed by atoms with Gasteiger partial charge in [-0.25, -0.2) is 0 Å². The second kappa shape index (κ2) is 10.3. The standard InChI is InChI=1S/C31H29N7OS/c1-18-7-8-29(40-18)24-15-33-16-27-22(24)11-26(36-27)31-23-12-25(34-17-28(23)37-38-31)20-10-21(14-32-13-20)35-30(39)9-19-5-3-2-4-6-19/h7-8,10-17,19,36H,2-6,9H2,1H3,(H,35,39)(H,37,38). The van der Waals surface area contributed by atoms with Crippen LogP contribution in [0.2, 0.25) is 0 Å². The number of carbonyl (C=O) groups excluding carboxylic acids is 1. The third kappa shape index (κ3) is 4.77. The molecule has 0 aliphatic heterocycles. The molecule has 1 aliphatic rings. The Balaban J connectivity index is 1.19. The van der Waals surface area contributed by atoms with E-state index in [0.717, 1.165) is 62.9 Å². The number of aryl methyl sites for hydroxylation is 1. The van der Waals surface area contributed by atoms with Crippen molar-refractivity contribution >= 4 is 44.7 Å². The zero-order valence-electron chi connectivity index (χ0n) is 22.2. The average Bonchev–Trinajstić information content (AvgIpc) is 3.71. The molecule has 9 heteroatoms. The Morgan fingerprint density at radius 1 is 0.975 bits per heavy atom. The van der Waals surface area contributed by atoms with Gasteiger partial charge in [-0.1, -0.05) is 19.3 Å². The van der Waals surface area contributed by atoms with Crippen molar-refractivity contribution < 1.29 is 4.79 Å². The lowest BCUT2D eigenvalue weighted by molar-refractivity contribution is -0.117. The first kappa shape index (κ1) is 24.7. The predicted octanol–water partition coefficient (Wildman–Crippen LogP) is 7.51. The molecular weight excluding hydrogens is 518 g/mol. The molecule has 1 amide bonds. The van der Waals surface area contributed by atoms with Crippen molar-refractivity contribution in [2.24, 2.45) is 5.92 Å². The second-order valence-corrected chi connectivity index (χ2v) is 11.9. The molecule has 0 radical (unpaired) electrons. The normalized spacial score (nSPS) is 14.2. The van der Waals surface area contributed by atoms with Gasteiger partial charge in [0.1, 0.15) is 5.69 Å². The molecule has 0 atom stereocenters. The van der Waals surface area contributed by atoms with Gasteiger partial charge in [0, 0.05) is 50.5 Å². The maximum absolute atomic E-state index is 12.7. The summed E-state index contributed by atoms with van der Waals surface area (Å²) >= 11 is 1.76. The van der Waals surface area contributed by atoms with Crippen LogP contribution < -0.4 is 5.32 Å². The summed E-state index contributed by atoms with van der Waals surface area (Å²) in [5, 5.41) is 12.8. The van der Waals surface area contributed by atoms with Gasteiger partial charge >= 0.3 is 0 Å². The number of hydrogen-bond donors (Lipinski definition) is 3. The summed E-state index contributed by atoms with van der Waals surface area (Å²) < 4.78 is 0. The summed E-state index contributed by atoms with van der Waals surface area (Å²) in [7, 11) is 0. The predicted molar refractivity (Wildman–Crippen MR) is 160 cm³/mol. The van der Waals surface area contributed by atoms with Gasteiger partial charge in [0.15, 0.2) is 0 Å². The van der Waals surface area contributed by atoms with E-state index >= 15 is 0 Å². The Morgan fingerprint density at radius 3 is 2.70 bits per heavy atom.